The van der Waals surface area contributed by atoms with Gasteiger partial charge in [0.05, 0.1) is 12.5 Å². The zero-order chi connectivity index (χ0) is 13.7. The van der Waals surface area contributed by atoms with E-state index in [2.05, 4.69) is 10.6 Å². The Bertz CT molecular complexity index is 327. The lowest BCUT2D eigenvalue weighted by Gasteiger charge is -2.17. The Labute approximate surface area is 114 Å². The molecule has 1 amide bonds. The number of amides is 1. The van der Waals surface area contributed by atoms with E-state index in [1.54, 1.807) is 0 Å². The first-order valence-electron chi connectivity index (χ1n) is 7.39. The zero-order valence-electron chi connectivity index (χ0n) is 11.4. The maximum Gasteiger partial charge on any atom is 0.306 e. The lowest BCUT2D eigenvalue weighted by atomic mass is 9.96. The minimum Gasteiger partial charge on any atom is -0.481 e. The monoisotopic (exact) mass is 268 g/mol. The summed E-state index contributed by atoms with van der Waals surface area (Å²) in [5.74, 6) is -0.903. The van der Waals surface area contributed by atoms with Crippen LogP contribution >= 0.6 is 0 Å². The van der Waals surface area contributed by atoms with Crippen LogP contribution in [0.1, 0.15) is 44.9 Å². The van der Waals surface area contributed by atoms with E-state index in [0.29, 0.717) is 19.1 Å². The Hall–Kier alpha value is -1.10. The summed E-state index contributed by atoms with van der Waals surface area (Å²) in [7, 11) is 0. The topological polar surface area (TPSA) is 78.4 Å². The molecule has 0 bridgehead atoms. The van der Waals surface area contributed by atoms with Gasteiger partial charge in [-0.3, -0.25) is 9.59 Å². The summed E-state index contributed by atoms with van der Waals surface area (Å²) >= 11 is 0. The highest BCUT2D eigenvalue weighted by atomic mass is 16.4. The molecule has 5 nitrogen and oxygen atoms in total. The molecular weight excluding hydrogens is 244 g/mol. The number of carboxylic acid groups (broad SMARTS) is 1. The summed E-state index contributed by atoms with van der Waals surface area (Å²) in [4.78, 5) is 22.7. The van der Waals surface area contributed by atoms with Crippen molar-refractivity contribution < 1.29 is 14.7 Å². The molecular formula is C14H24N2O3. The summed E-state index contributed by atoms with van der Waals surface area (Å²) in [6.45, 7) is 0.858. The van der Waals surface area contributed by atoms with E-state index >= 15 is 0 Å². The van der Waals surface area contributed by atoms with Crippen LogP contribution in [-0.2, 0) is 9.59 Å². The van der Waals surface area contributed by atoms with Crippen molar-refractivity contribution >= 4 is 11.9 Å². The van der Waals surface area contributed by atoms with Gasteiger partial charge in [-0.05, 0) is 31.6 Å². The van der Waals surface area contributed by atoms with Crippen LogP contribution in [0.2, 0.25) is 0 Å². The molecule has 108 valence electrons. The van der Waals surface area contributed by atoms with E-state index in [-0.39, 0.29) is 17.7 Å². The van der Waals surface area contributed by atoms with Crippen LogP contribution in [0.5, 0.6) is 0 Å². The molecule has 2 aliphatic rings. The highest BCUT2D eigenvalue weighted by molar-refractivity contribution is 5.78. The van der Waals surface area contributed by atoms with Gasteiger partial charge in [-0.2, -0.15) is 0 Å². The van der Waals surface area contributed by atoms with Crippen LogP contribution in [0.15, 0.2) is 0 Å². The minimum atomic E-state index is -0.721. The SMILES string of the molecule is O=C(CNC1CCCC1)NCC1CCCC1C(=O)O. The van der Waals surface area contributed by atoms with E-state index in [1.165, 1.54) is 12.8 Å². The van der Waals surface area contributed by atoms with E-state index in [1.807, 2.05) is 0 Å². The van der Waals surface area contributed by atoms with Crippen LogP contribution in [0.3, 0.4) is 0 Å². The van der Waals surface area contributed by atoms with Crippen LogP contribution < -0.4 is 10.6 Å². The van der Waals surface area contributed by atoms with E-state index in [0.717, 1.165) is 32.1 Å². The van der Waals surface area contributed by atoms with Gasteiger partial charge in [0.1, 0.15) is 0 Å². The van der Waals surface area contributed by atoms with Gasteiger partial charge < -0.3 is 15.7 Å². The maximum absolute atomic E-state index is 11.7. The van der Waals surface area contributed by atoms with Crippen molar-refractivity contribution in [1.82, 2.24) is 10.6 Å². The molecule has 2 aliphatic carbocycles. The predicted octanol–water partition coefficient (Wildman–Crippen LogP) is 1.14. The normalized spacial score (nSPS) is 27.6. The highest BCUT2D eigenvalue weighted by Gasteiger charge is 2.32. The average molecular weight is 268 g/mol. The molecule has 2 fully saturated rings. The molecule has 19 heavy (non-hydrogen) atoms. The van der Waals surface area contributed by atoms with Crippen molar-refractivity contribution in [3.8, 4) is 0 Å². The molecule has 2 saturated carbocycles. The summed E-state index contributed by atoms with van der Waals surface area (Å²) in [5, 5.41) is 15.2. The number of rotatable bonds is 6. The first-order valence-corrected chi connectivity index (χ1v) is 7.39. The van der Waals surface area contributed by atoms with E-state index < -0.39 is 5.97 Å². The van der Waals surface area contributed by atoms with E-state index in [9.17, 15) is 9.59 Å². The highest BCUT2D eigenvalue weighted by Crippen LogP contribution is 2.31. The van der Waals surface area contributed by atoms with Crippen molar-refractivity contribution in [2.75, 3.05) is 13.1 Å². The molecule has 0 heterocycles. The van der Waals surface area contributed by atoms with Gasteiger partial charge >= 0.3 is 5.97 Å². The number of carbonyl (C=O) groups excluding carboxylic acids is 1. The van der Waals surface area contributed by atoms with Crippen molar-refractivity contribution in [1.29, 1.82) is 0 Å². The second kappa shape index (κ2) is 6.89. The zero-order valence-corrected chi connectivity index (χ0v) is 11.4. The standard InChI is InChI=1S/C14H24N2O3/c17-13(9-15-11-5-1-2-6-11)16-8-10-4-3-7-12(10)14(18)19/h10-12,15H,1-9H2,(H,16,17)(H,18,19). The van der Waals surface area contributed by atoms with Crippen LogP contribution in [0.4, 0.5) is 0 Å². The Kier molecular flexibility index (Phi) is 5.19. The van der Waals surface area contributed by atoms with Crippen molar-refractivity contribution in [3.63, 3.8) is 0 Å². The second-order valence-electron chi connectivity index (χ2n) is 5.80. The van der Waals surface area contributed by atoms with Crippen molar-refractivity contribution in [2.45, 2.75) is 51.0 Å². The van der Waals surface area contributed by atoms with Gasteiger partial charge in [0.2, 0.25) is 5.91 Å². The summed E-state index contributed by atoms with van der Waals surface area (Å²) in [6.07, 6.45) is 7.44. The van der Waals surface area contributed by atoms with Crippen LogP contribution in [0, 0.1) is 11.8 Å². The fourth-order valence-electron chi connectivity index (χ4n) is 3.28. The Morgan fingerprint density at radius 3 is 2.47 bits per heavy atom. The summed E-state index contributed by atoms with van der Waals surface area (Å²) in [6, 6.07) is 0.490. The molecule has 2 atom stereocenters. The first kappa shape index (κ1) is 14.3. The molecule has 3 N–H and O–H groups in total. The Morgan fingerprint density at radius 1 is 1.05 bits per heavy atom. The van der Waals surface area contributed by atoms with Gasteiger partial charge in [0.25, 0.3) is 0 Å². The minimum absolute atomic E-state index is 0.0112. The third kappa shape index (κ3) is 4.20. The molecule has 0 aromatic heterocycles. The molecule has 0 aromatic carbocycles. The molecule has 0 spiro atoms. The molecule has 0 saturated heterocycles. The van der Waals surface area contributed by atoms with Crippen molar-refractivity contribution in [3.05, 3.63) is 0 Å². The van der Waals surface area contributed by atoms with Crippen LogP contribution in [0.25, 0.3) is 0 Å². The lowest BCUT2D eigenvalue weighted by molar-refractivity contribution is -0.143. The maximum atomic E-state index is 11.7. The van der Waals surface area contributed by atoms with E-state index in [4.69, 9.17) is 5.11 Å². The number of carbonyl (C=O) groups is 2. The van der Waals surface area contributed by atoms with Crippen LogP contribution in [-0.4, -0.2) is 36.1 Å². The number of aliphatic carboxylic acids is 1. The second-order valence-corrected chi connectivity index (χ2v) is 5.80. The average Bonchev–Trinajstić information content (AvgIpc) is 3.04. The van der Waals surface area contributed by atoms with Crippen molar-refractivity contribution in [2.24, 2.45) is 11.8 Å². The fourth-order valence-corrected chi connectivity index (χ4v) is 3.28. The first-order chi connectivity index (χ1) is 9.16. The number of nitrogens with one attached hydrogen (secondary N) is 2. The lowest BCUT2D eigenvalue weighted by Crippen LogP contribution is -2.40. The summed E-state index contributed by atoms with van der Waals surface area (Å²) < 4.78 is 0. The third-order valence-electron chi connectivity index (χ3n) is 4.44. The predicted molar refractivity (Wildman–Crippen MR) is 71.7 cm³/mol. The Balaban J connectivity index is 1.64. The van der Waals surface area contributed by atoms with Gasteiger partial charge in [0, 0.05) is 12.6 Å². The molecule has 0 radical (unpaired) electrons. The molecule has 0 aliphatic heterocycles. The molecule has 5 heteroatoms. The quantitative estimate of drug-likeness (QED) is 0.675. The number of carboxylic acids is 1. The molecule has 0 aromatic rings. The van der Waals surface area contributed by atoms with Gasteiger partial charge in [0.15, 0.2) is 0 Å². The largest absolute Gasteiger partial charge is 0.481 e. The molecule has 2 unspecified atom stereocenters. The number of hydrogen-bond donors (Lipinski definition) is 3. The summed E-state index contributed by atoms with van der Waals surface area (Å²) in [5.41, 5.74) is 0. The van der Waals surface area contributed by atoms with Gasteiger partial charge in [-0.15, -0.1) is 0 Å². The van der Waals surface area contributed by atoms with Gasteiger partial charge in [-0.25, -0.2) is 0 Å². The third-order valence-corrected chi connectivity index (χ3v) is 4.44. The Morgan fingerprint density at radius 2 is 1.79 bits per heavy atom. The molecule has 2 rings (SSSR count). The van der Waals surface area contributed by atoms with Gasteiger partial charge in [-0.1, -0.05) is 19.3 Å². The smallest absolute Gasteiger partial charge is 0.306 e. The fraction of sp³-hybridized carbons (Fsp3) is 0.857. The number of hydrogen-bond acceptors (Lipinski definition) is 3.